The van der Waals surface area contributed by atoms with E-state index in [9.17, 15) is 9.59 Å². The number of amides is 2. The topological polar surface area (TPSA) is 62.7 Å². The van der Waals surface area contributed by atoms with Crippen LogP contribution in [0, 0.1) is 0 Å². The SMILES string of the molecule is C=CC(=O)N1CCN(C(=O)c2cc(Cl)cnc2OC)C(CC)C1. The van der Waals surface area contributed by atoms with Crippen molar-refractivity contribution in [1.29, 1.82) is 0 Å². The highest BCUT2D eigenvalue weighted by molar-refractivity contribution is 6.30. The smallest absolute Gasteiger partial charge is 0.259 e. The van der Waals surface area contributed by atoms with Gasteiger partial charge >= 0.3 is 0 Å². The lowest BCUT2D eigenvalue weighted by molar-refractivity contribution is -0.128. The zero-order valence-electron chi connectivity index (χ0n) is 13.3. The molecule has 0 aromatic carbocycles. The molecule has 1 saturated heterocycles. The molecule has 7 heteroatoms. The molecule has 0 bridgehead atoms. The fourth-order valence-electron chi connectivity index (χ4n) is 2.70. The summed E-state index contributed by atoms with van der Waals surface area (Å²) in [6, 6.07) is 1.49. The first-order valence-corrected chi connectivity index (χ1v) is 7.81. The Morgan fingerprint density at radius 1 is 1.52 bits per heavy atom. The molecule has 0 aliphatic carbocycles. The van der Waals surface area contributed by atoms with Gasteiger partial charge in [-0.15, -0.1) is 0 Å². The molecule has 1 aromatic heterocycles. The Bertz CT molecular complexity index is 621. The van der Waals surface area contributed by atoms with Crippen LogP contribution in [-0.2, 0) is 4.79 Å². The lowest BCUT2D eigenvalue weighted by atomic mass is 10.1. The number of hydrogen-bond donors (Lipinski definition) is 0. The number of carbonyl (C=O) groups is 2. The average molecular weight is 338 g/mol. The molecule has 6 nitrogen and oxygen atoms in total. The van der Waals surface area contributed by atoms with Crippen LogP contribution in [0.15, 0.2) is 24.9 Å². The van der Waals surface area contributed by atoms with Crippen molar-refractivity contribution < 1.29 is 14.3 Å². The molecule has 1 aliphatic rings. The van der Waals surface area contributed by atoms with E-state index < -0.39 is 0 Å². The Morgan fingerprint density at radius 3 is 2.87 bits per heavy atom. The molecule has 2 heterocycles. The number of pyridine rings is 1. The fraction of sp³-hybridized carbons (Fsp3) is 0.438. The molecule has 1 fully saturated rings. The Hall–Kier alpha value is -2.08. The molecule has 1 aliphatic heterocycles. The van der Waals surface area contributed by atoms with Gasteiger partial charge in [-0.05, 0) is 18.6 Å². The van der Waals surface area contributed by atoms with Crippen molar-refractivity contribution in [3.8, 4) is 5.88 Å². The van der Waals surface area contributed by atoms with E-state index in [0.29, 0.717) is 30.2 Å². The minimum absolute atomic E-state index is 0.0659. The molecule has 124 valence electrons. The summed E-state index contributed by atoms with van der Waals surface area (Å²) in [4.78, 5) is 32.1. The van der Waals surface area contributed by atoms with Crippen molar-refractivity contribution in [3.63, 3.8) is 0 Å². The largest absolute Gasteiger partial charge is 0.480 e. The van der Waals surface area contributed by atoms with Gasteiger partial charge in [0, 0.05) is 31.9 Å². The van der Waals surface area contributed by atoms with Crippen molar-refractivity contribution >= 4 is 23.4 Å². The van der Waals surface area contributed by atoms with Gasteiger partial charge in [-0.2, -0.15) is 0 Å². The van der Waals surface area contributed by atoms with E-state index >= 15 is 0 Å². The summed E-state index contributed by atoms with van der Waals surface area (Å²) in [5.74, 6) is -0.0502. The number of carbonyl (C=O) groups excluding carboxylic acids is 2. The standard InChI is InChI=1S/C16H20ClN3O3/c1-4-12-10-19(14(21)5-2)6-7-20(12)16(22)13-8-11(17)9-18-15(13)23-3/h5,8-9,12H,2,4,6-7,10H2,1,3H3. The molecule has 0 saturated carbocycles. The van der Waals surface area contributed by atoms with Gasteiger partial charge in [0.15, 0.2) is 0 Å². The summed E-state index contributed by atoms with van der Waals surface area (Å²) in [6.45, 7) is 6.91. The first-order chi connectivity index (χ1) is 11.0. The van der Waals surface area contributed by atoms with Gasteiger partial charge in [0.2, 0.25) is 11.8 Å². The molecule has 1 unspecified atom stereocenters. The molecule has 1 atom stereocenters. The van der Waals surface area contributed by atoms with Crippen LogP contribution < -0.4 is 4.74 Å². The van der Waals surface area contributed by atoms with Crippen LogP contribution in [0.2, 0.25) is 5.02 Å². The minimum atomic E-state index is -0.186. The molecule has 1 aromatic rings. The third kappa shape index (κ3) is 3.64. The lowest BCUT2D eigenvalue weighted by Gasteiger charge is -2.41. The molecular formula is C16H20ClN3O3. The zero-order valence-corrected chi connectivity index (χ0v) is 14.0. The molecule has 2 rings (SSSR count). The van der Waals surface area contributed by atoms with E-state index in [4.69, 9.17) is 16.3 Å². The van der Waals surface area contributed by atoms with Gasteiger partial charge in [0.1, 0.15) is 5.56 Å². The van der Waals surface area contributed by atoms with Crippen LogP contribution >= 0.6 is 11.6 Å². The van der Waals surface area contributed by atoms with Crippen LogP contribution in [0.4, 0.5) is 0 Å². The zero-order chi connectivity index (χ0) is 17.0. The van der Waals surface area contributed by atoms with Crippen molar-refractivity contribution in [2.45, 2.75) is 19.4 Å². The van der Waals surface area contributed by atoms with Gasteiger partial charge in [0.25, 0.3) is 5.91 Å². The fourth-order valence-corrected chi connectivity index (χ4v) is 2.86. The molecule has 0 N–H and O–H groups in total. The quantitative estimate of drug-likeness (QED) is 0.788. The van der Waals surface area contributed by atoms with Crippen molar-refractivity contribution in [1.82, 2.24) is 14.8 Å². The minimum Gasteiger partial charge on any atom is -0.480 e. The summed E-state index contributed by atoms with van der Waals surface area (Å²) in [6.07, 6.45) is 3.48. The van der Waals surface area contributed by atoms with Crippen molar-refractivity contribution in [2.75, 3.05) is 26.7 Å². The highest BCUT2D eigenvalue weighted by atomic mass is 35.5. The Morgan fingerprint density at radius 2 is 2.26 bits per heavy atom. The van der Waals surface area contributed by atoms with Gasteiger partial charge in [0.05, 0.1) is 12.1 Å². The van der Waals surface area contributed by atoms with E-state index in [0.717, 1.165) is 6.42 Å². The number of hydrogen-bond acceptors (Lipinski definition) is 4. The van der Waals surface area contributed by atoms with E-state index in [1.165, 1.54) is 19.4 Å². The number of ether oxygens (including phenoxy) is 1. The van der Waals surface area contributed by atoms with E-state index in [2.05, 4.69) is 11.6 Å². The highest BCUT2D eigenvalue weighted by Gasteiger charge is 2.32. The monoisotopic (exact) mass is 337 g/mol. The predicted molar refractivity (Wildman–Crippen MR) is 87.7 cm³/mol. The summed E-state index contributed by atoms with van der Waals surface area (Å²) >= 11 is 5.96. The number of rotatable bonds is 4. The highest BCUT2D eigenvalue weighted by Crippen LogP contribution is 2.24. The van der Waals surface area contributed by atoms with Gasteiger partial charge in [-0.3, -0.25) is 9.59 Å². The molecular weight excluding hydrogens is 318 g/mol. The average Bonchev–Trinajstić information content (AvgIpc) is 2.59. The number of methoxy groups -OCH3 is 1. The maximum atomic E-state index is 12.9. The normalized spacial score (nSPS) is 17.8. The number of piperazine rings is 1. The van der Waals surface area contributed by atoms with Gasteiger partial charge in [-0.25, -0.2) is 4.98 Å². The first-order valence-electron chi connectivity index (χ1n) is 7.43. The Balaban J connectivity index is 2.24. The number of aromatic nitrogens is 1. The van der Waals surface area contributed by atoms with E-state index in [1.54, 1.807) is 15.9 Å². The second-order valence-electron chi connectivity index (χ2n) is 5.26. The first kappa shape index (κ1) is 17.3. The lowest BCUT2D eigenvalue weighted by Crippen LogP contribution is -2.56. The Kier molecular flexibility index (Phi) is 5.60. The maximum absolute atomic E-state index is 12.9. The molecule has 23 heavy (non-hydrogen) atoms. The summed E-state index contributed by atoms with van der Waals surface area (Å²) in [5.41, 5.74) is 0.335. The van der Waals surface area contributed by atoms with Crippen molar-refractivity contribution in [2.24, 2.45) is 0 Å². The number of halogens is 1. The third-order valence-corrected chi connectivity index (χ3v) is 4.15. The molecule has 0 spiro atoms. The van der Waals surface area contributed by atoms with Crippen LogP contribution in [0.1, 0.15) is 23.7 Å². The second kappa shape index (κ2) is 7.46. The van der Waals surface area contributed by atoms with Crippen LogP contribution in [0.25, 0.3) is 0 Å². The summed E-state index contributed by atoms with van der Waals surface area (Å²) < 4.78 is 5.16. The molecule has 0 radical (unpaired) electrons. The third-order valence-electron chi connectivity index (χ3n) is 3.94. The van der Waals surface area contributed by atoms with E-state index in [-0.39, 0.29) is 23.7 Å². The van der Waals surface area contributed by atoms with Crippen LogP contribution in [0.3, 0.4) is 0 Å². The predicted octanol–water partition coefficient (Wildman–Crippen LogP) is 1.99. The van der Waals surface area contributed by atoms with Crippen LogP contribution in [0.5, 0.6) is 5.88 Å². The number of nitrogens with zero attached hydrogens (tertiary/aromatic N) is 3. The summed E-state index contributed by atoms with van der Waals surface area (Å²) in [5, 5.41) is 0.377. The van der Waals surface area contributed by atoms with E-state index in [1.807, 2.05) is 6.92 Å². The van der Waals surface area contributed by atoms with Crippen molar-refractivity contribution in [3.05, 3.63) is 35.5 Å². The van der Waals surface area contributed by atoms with Gasteiger partial charge in [-0.1, -0.05) is 25.1 Å². The Labute approximate surface area is 140 Å². The molecule has 2 amide bonds. The van der Waals surface area contributed by atoms with Crippen LogP contribution in [-0.4, -0.2) is 59.4 Å². The summed E-state index contributed by atoms with van der Waals surface area (Å²) in [7, 11) is 1.46. The second-order valence-corrected chi connectivity index (χ2v) is 5.70. The van der Waals surface area contributed by atoms with Gasteiger partial charge < -0.3 is 14.5 Å². The maximum Gasteiger partial charge on any atom is 0.259 e.